The third-order valence-electron chi connectivity index (χ3n) is 7.85. The minimum absolute atomic E-state index is 0.316. The van der Waals surface area contributed by atoms with Gasteiger partial charge in [-0.2, -0.15) is 4.98 Å². The Kier molecular flexibility index (Phi) is 14.1. The van der Waals surface area contributed by atoms with E-state index in [-0.39, 0.29) is 5.63 Å². The summed E-state index contributed by atoms with van der Waals surface area (Å²) < 4.78 is 16.1. The van der Waals surface area contributed by atoms with E-state index >= 15 is 0 Å². The van der Waals surface area contributed by atoms with Crippen LogP contribution in [-0.4, -0.2) is 24.7 Å². The molecular formula is C36H51NO5. The summed E-state index contributed by atoms with van der Waals surface area (Å²) in [6.07, 6.45) is 15.4. The monoisotopic (exact) mass is 577 g/mol. The van der Waals surface area contributed by atoms with Crippen molar-refractivity contribution >= 4 is 17.6 Å². The molecule has 4 rings (SSSR count). The quantitative estimate of drug-likeness (QED) is 0.117. The number of carbonyl (C=O) groups is 1. The Hall–Kier alpha value is -3.15. The predicted molar refractivity (Wildman–Crippen MR) is 171 cm³/mol. The summed E-state index contributed by atoms with van der Waals surface area (Å²) in [6, 6.07) is 13.8. The Bertz CT molecular complexity index is 1270. The van der Waals surface area contributed by atoms with Crippen LogP contribution in [0.25, 0.3) is 22.2 Å². The lowest BCUT2D eigenvalue weighted by atomic mass is 9.94. The Labute approximate surface area is 252 Å². The van der Waals surface area contributed by atoms with Gasteiger partial charge in [-0.15, -0.1) is 0 Å². The fourth-order valence-corrected chi connectivity index (χ4v) is 4.57. The summed E-state index contributed by atoms with van der Waals surface area (Å²) in [7, 11) is 0. The third kappa shape index (κ3) is 12.4. The Morgan fingerprint density at radius 1 is 0.881 bits per heavy atom. The van der Waals surface area contributed by atoms with Crippen LogP contribution in [0.1, 0.15) is 123 Å². The Balaban J connectivity index is 0.000000730. The standard InChI is InChI=1S/C30H37NO5.C6H14/c32-22-34-18-9-7-5-3-1-2-4-6-8-10-19-35-28-17-16-26-21-27(30(33)36-29(26)31-28)25-13-11-12-24(20-25)23-14-15-23;1-5-6(2,3)4/h11-13,16-17,20-23H,1-10,14-15,18-19H2;5H2,1-4H3. The Morgan fingerprint density at radius 2 is 1.50 bits per heavy atom. The number of ether oxygens (including phenoxy) is 2. The third-order valence-corrected chi connectivity index (χ3v) is 7.85. The predicted octanol–water partition coefficient (Wildman–Crippen LogP) is 9.63. The molecule has 6 nitrogen and oxygen atoms in total. The van der Waals surface area contributed by atoms with Gasteiger partial charge in [0.05, 0.1) is 18.8 Å². The number of benzene rings is 1. The van der Waals surface area contributed by atoms with Crippen LogP contribution in [0.15, 0.2) is 51.7 Å². The summed E-state index contributed by atoms with van der Waals surface area (Å²) >= 11 is 0. The van der Waals surface area contributed by atoms with E-state index in [4.69, 9.17) is 13.9 Å². The zero-order valence-electron chi connectivity index (χ0n) is 26.3. The van der Waals surface area contributed by atoms with Crippen LogP contribution in [-0.2, 0) is 9.53 Å². The van der Waals surface area contributed by atoms with Crippen molar-refractivity contribution < 1.29 is 18.7 Å². The number of aromatic nitrogens is 1. The van der Waals surface area contributed by atoms with E-state index in [0.717, 1.165) is 36.6 Å². The van der Waals surface area contributed by atoms with E-state index in [1.165, 1.54) is 63.4 Å². The summed E-state index contributed by atoms with van der Waals surface area (Å²) in [6.45, 7) is 10.6. The molecule has 0 bridgehead atoms. The van der Waals surface area contributed by atoms with Crippen molar-refractivity contribution in [2.24, 2.45) is 5.41 Å². The van der Waals surface area contributed by atoms with Crippen LogP contribution in [0, 0.1) is 5.41 Å². The van der Waals surface area contributed by atoms with Crippen LogP contribution in [0.2, 0.25) is 0 Å². The molecule has 0 aliphatic heterocycles. The molecule has 0 radical (unpaired) electrons. The van der Waals surface area contributed by atoms with E-state index in [0.29, 0.717) is 48.2 Å². The maximum absolute atomic E-state index is 12.7. The van der Waals surface area contributed by atoms with E-state index in [2.05, 4.69) is 44.8 Å². The molecule has 0 unspecified atom stereocenters. The normalized spacial score (nSPS) is 13.0. The van der Waals surface area contributed by atoms with Gasteiger partial charge in [-0.1, -0.05) is 110 Å². The molecule has 0 amide bonds. The van der Waals surface area contributed by atoms with Crippen molar-refractivity contribution in [3.63, 3.8) is 0 Å². The maximum Gasteiger partial charge on any atom is 0.345 e. The molecule has 1 aromatic carbocycles. The molecule has 1 aliphatic rings. The highest BCUT2D eigenvalue weighted by atomic mass is 16.5. The molecule has 0 atom stereocenters. The van der Waals surface area contributed by atoms with E-state index in [1.54, 1.807) is 0 Å². The highest BCUT2D eigenvalue weighted by Crippen LogP contribution is 2.41. The summed E-state index contributed by atoms with van der Waals surface area (Å²) in [5.41, 5.74) is 3.26. The first-order chi connectivity index (χ1) is 20.3. The number of nitrogens with zero attached hydrogens (tertiary/aromatic N) is 1. The number of hydrogen-bond acceptors (Lipinski definition) is 6. The van der Waals surface area contributed by atoms with Crippen LogP contribution < -0.4 is 10.4 Å². The van der Waals surface area contributed by atoms with Crippen molar-refractivity contribution in [3.8, 4) is 17.0 Å². The number of pyridine rings is 1. The van der Waals surface area contributed by atoms with Gasteiger partial charge in [0.25, 0.3) is 6.47 Å². The van der Waals surface area contributed by atoms with Crippen LogP contribution in [0.5, 0.6) is 5.88 Å². The molecule has 1 saturated carbocycles. The van der Waals surface area contributed by atoms with Gasteiger partial charge in [0.15, 0.2) is 0 Å². The van der Waals surface area contributed by atoms with Crippen molar-refractivity contribution in [2.75, 3.05) is 13.2 Å². The molecule has 0 saturated heterocycles. The minimum Gasteiger partial charge on any atom is -0.478 e. The van der Waals surface area contributed by atoms with Crippen molar-refractivity contribution in [1.82, 2.24) is 4.98 Å². The number of fused-ring (bicyclic) bond motifs is 1. The zero-order valence-corrected chi connectivity index (χ0v) is 26.3. The maximum atomic E-state index is 12.7. The second kappa shape index (κ2) is 17.7. The Morgan fingerprint density at radius 3 is 2.10 bits per heavy atom. The number of carbonyl (C=O) groups excluding carboxylic acids is 1. The van der Waals surface area contributed by atoms with Gasteiger partial charge >= 0.3 is 5.63 Å². The molecule has 230 valence electrons. The molecule has 0 N–H and O–H groups in total. The molecule has 3 aromatic rings. The van der Waals surface area contributed by atoms with Gasteiger partial charge in [0.2, 0.25) is 11.6 Å². The lowest BCUT2D eigenvalue weighted by Crippen LogP contribution is -2.05. The molecule has 2 aromatic heterocycles. The van der Waals surface area contributed by atoms with Gasteiger partial charge in [0, 0.05) is 11.5 Å². The fourth-order valence-electron chi connectivity index (χ4n) is 4.57. The largest absolute Gasteiger partial charge is 0.478 e. The van der Waals surface area contributed by atoms with Gasteiger partial charge in [0.1, 0.15) is 0 Å². The summed E-state index contributed by atoms with van der Waals surface area (Å²) in [5.74, 6) is 1.13. The van der Waals surface area contributed by atoms with Crippen molar-refractivity contribution in [3.05, 3.63) is 58.4 Å². The fraction of sp³-hybridized carbons (Fsp3) is 0.583. The van der Waals surface area contributed by atoms with E-state index in [9.17, 15) is 9.59 Å². The minimum atomic E-state index is -0.369. The first-order valence-corrected chi connectivity index (χ1v) is 16.0. The van der Waals surface area contributed by atoms with E-state index < -0.39 is 0 Å². The number of unbranched alkanes of at least 4 members (excludes halogenated alkanes) is 9. The average molecular weight is 578 g/mol. The second-order valence-corrected chi connectivity index (χ2v) is 12.7. The number of rotatable bonds is 17. The lowest BCUT2D eigenvalue weighted by Gasteiger charge is -2.12. The van der Waals surface area contributed by atoms with Crippen molar-refractivity contribution in [1.29, 1.82) is 0 Å². The molecule has 1 aliphatic carbocycles. The molecule has 6 heteroatoms. The summed E-state index contributed by atoms with van der Waals surface area (Å²) in [4.78, 5) is 27.2. The van der Waals surface area contributed by atoms with Gasteiger partial charge in [-0.3, -0.25) is 4.79 Å². The zero-order chi connectivity index (χ0) is 30.2. The summed E-state index contributed by atoms with van der Waals surface area (Å²) in [5, 5.41) is 0.795. The lowest BCUT2D eigenvalue weighted by molar-refractivity contribution is -0.128. The SMILES string of the molecule is CCC(C)(C)C.O=COCCCCCCCCCCCCOc1ccc2cc(-c3cccc(C4CC4)c3)c(=O)oc2n1. The first-order valence-electron chi connectivity index (χ1n) is 16.0. The van der Waals surface area contributed by atoms with Crippen LogP contribution in [0.4, 0.5) is 0 Å². The van der Waals surface area contributed by atoms with Gasteiger partial charge < -0.3 is 13.9 Å². The molecule has 0 spiro atoms. The van der Waals surface area contributed by atoms with Crippen molar-refractivity contribution in [2.45, 2.75) is 117 Å². The highest BCUT2D eigenvalue weighted by molar-refractivity contribution is 5.79. The number of hydrogen-bond donors (Lipinski definition) is 0. The van der Waals surface area contributed by atoms with E-state index in [1.807, 2.05) is 30.3 Å². The van der Waals surface area contributed by atoms with Crippen LogP contribution >= 0.6 is 0 Å². The molecule has 1 fully saturated rings. The first kappa shape index (κ1) is 33.4. The second-order valence-electron chi connectivity index (χ2n) is 12.7. The van der Waals surface area contributed by atoms with Gasteiger partial charge in [-0.05, 0) is 60.3 Å². The average Bonchev–Trinajstić information content (AvgIpc) is 3.83. The molecule has 42 heavy (non-hydrogen) atoms. The smallest absolute Gasteiger partial charge is 0.345 e. The van der Waals surface area contributed by atoms with Crippen LogP contribution in [0.3, 0.4) is 0 Å². The van der Waals surface area contributed by atoms with Gasteiger partial charge in [-0.25, -0.2) is 4.79 Å². The molecular weight excluding hydrogens is 526 g/mol. The topological polar surface area (TPSA) is 78.6 Å². The highest BCUT2D eigenvalue weighted by Gasteiger charge is 2.23. The molecule has 2 heterocycles.